The molecule has 1 aliphatic heterocycles. The van der Waals surface area contributed by atoms with Gasteiger partial charge >= 0.3 is 32.8 Å². The van der Waals surface area contributed by atoms with Gasteiger partial charge in [0.05, 0.1) is 5.56 Å². The van der Waals surface area contributed by atoms with Crippen LogP contribution in [0.4, 0.5) is 22.7 Å². The first-order valence-corrected chi connectivity index (χ1v) is 26.5. The van der Waals surface area contributed by atoms with E-state index in [0.717, 1.165) is 89.0 Å². The molecule has 0 amide bonds. The quantitative estimate of drug-likeness (QED) is 0.118. The van der Waals surface area contributed by atoms with E-state index in [1.165, 1.54) is 27.8 Å². The van der Waals surface area contributed by atoms with Crippen molar-refractivity contribution in [3.63, 3.8) is 0 Å². The van der Waals surface area contributed by atoms with Crippen LogP contribution in [0.25, 0.3) is 71.8 Å². The van der Waals surface area contributed by atoms with Crippen molar-refractivity contribution >= 4 is 72.5 Å². The molecule has 0 bridgehead atoms. The Morgan fingerprint density at radius 1 is 0.506 bits per heavy atom. The largest absolute Gasteiger partial charge is 2.00 e. The van der Waals surface area contributed by atoms with Crippen LogP contribution in [0.3, 0.4) is 0 Å². The zero-order valence-corrected chi connectivity index (χ0v) is 48.4. The third kappa shape index (κ3) is 9.36. The van der Waals surface area contributed by atoms with Crippen molar-refractivity contribution in [2.24, 2.45) is 0 Å². The number of benzene rings is 8. The minimum Gasteiger partial charge on any atom is -0.509 e. The summed E-state index contributed by atoms with van der Waals surface area (Å²) in [7, 11) is 0. The van der Waals surface area contributed by atoms with Crippen molar-refractivity contribution < 1.29 is 30.2 Å². The van der Waals surface area contributed by atoms with E-state index in [-0.39, 0.29) is 42.7 Å². The second-order valence-corrected chi connectivity index (χ2v) is 24.6. The van der Waals surface area contributed by atoms with E-state index in [0.29, 0.717) is 11.5 Å². The van der Waals surface area contributed by atoms with Crippen molar-refractivity contribution in [3.8, 4) is 39.6 Å². The average Bonchev–Trinajstić information content (AvgIpc) is 4.09. The molecule has 0 fully saturated rings. The summed E-state index contributed by atoms with van der Waals surface area (Å²) in [4.78, 5) is 4.99. The summed E-state index contributed by atoms with van der Waals surface area (Å²) in [6.45, 7) is 27.2. The minimum atomic E-state index is -0.0972. The molecule has 0 unspecified atom stereocenters. The first-order chi connectivity index (χ1) is 36.2. The molecule has 0 spiro atoms. The monoisotopic (exact) mass is 1190 g/mol. The normalized spacial score (nSPS) is 13.0. The smallest absolute Gasteiger partial charge is 0.509 e. The van der Waals surface area contributed by atoms with Crippen LogP contribution in [0.2, 0.25) is 0 Å². The molecule has 0 saturated heterocycles. The van der Waals surface area contributed by atoms with Gasteiger partial charge < -0.3 is 13.7 Å². The van der Waals surface area contributed by atoms with Crippen LogP contribution in [-0.4, -0.2) is 15.6 Å². The molecular formula is C70H64N4O2Pt+2. The molecule has 3 aromatic heterocycles. The van der Waals surface area contributed by atoms with Gasteiger partial charge in [-0.2, -0.15) is 12.1 Å². The van der Waals surface area contributed by atoms with Gasteiger partial charge in [0.2, 0.25) is 5.69 Å². The number of furan rings is 1. The van der Waals surface area contributed by atoms with Crippen molar-refractivity contribution in [3.05, 3.63) is 204 Å². The Kier molecular flexibility index (Phi) is 12.6. The van der Waals surface area contributed by atoms with E-state index >= 15 is 0 Å². The molecule has 1 aliphatic rings. The van der Waals surface area contributed by atoms with Gasteiger partial charge in [-0.15, -0.1) is 23.6 Å². The molecule has 0 aliphatic carbocycles. The molecule has 0 radical (unpaired) electrons. The number of para-hydroxylation sites is 3. The number of ether oxygens (including phenoxy) is 1. The van der Waals surface area contributed by atoms with Gasteiger partial charge in [0.25, 0.3) is 5.69 Å². The first-order valence-electron chi connectivity index (χ1n) is 26.5. The van der Waals surface area contributed by atoms with Gasteiger partial charge in [-0.05, 0) is 95.3 Å². The topological polar surface area (TPSA) is 46.2 Å². The minimum absolute atomic E-state index is 0. The van der Waals surface area contributed by atoms with Gasteiger partial charge in [-0.25, -0.2) is 4.98 Å². The molecule has 7 heteroatoms. The third-order valence-electron chi connectivity index (χ3n) is 15.0. The van der Waals surface area contributed by atoms with Crippen LogP contribution in [0.1, 0.15) is 105 Å². The molecule has 0 N–H and O–H groups in total. The number of rotatable bonds is 7. The Balaban J connectivity index is 0.00000631. The van der Waals surface area contributed by atoms with Crippen molar-refractivity contribution in [2.45, 2.75) is 105 Å². The molecule has 0 atom stereocenters. The second kappa shape index (κ2) is 18.8. The number of nitrogens with zero attached hydrogens (tertiary/aromatic N) is 4. The molecule has 8 aromatic carbocycles. The van der Waals surface area contributed by atoms with Gasteiger partial charge in [-0.3, -0.25) is 0 Å². The molecule has 77 heavy (non-hydrogen) atoms. The van der Waals surface area contributed by atoms with E-state index in [2.05, 4.69) is 248 Å². The predicted octanol–water partition coefficient (Wildman–Crippen LogP) is 18.8. The maximum Gasteiger partial charge on any atom is 2.00 e. The number of pyridine rings is 1. The van der Waals surface area contributed by atoms with Gasteiger partial charge in [0.1, 0.15) is 22.7 Å². The molecule has 6 nitrogen and oxygen atoms in total. The van der Waals surface area contributed by atoms with Crippen molar-refractivity contribution in [1.29, 1.82) is 0 Å². The van der Waals surface area contributed by atoms with Crippen molar-refractivity contribution in [1.82, 2.24) is 18.7 Å². The zero-order valence-electron chi connectivity index (χ0n) is 46.1. The third-order valence-corrected chi connectivity index (χ3v) is 15.0. The summed E-state index contributed by atoms with van der Waals surface area (Å²) >= 11 is 0. The Labute approximate surface area is 467 Å². The number of fused-ring (bicyclic) bond motifs is 7. The standard InChI is InChI=1S/C70H64N4O2.Pt/c1-67(2,3)46-20-15-19-44(35-46)45-29-32-60-59(36-45)54-31-30-53(42-62(54)74(60)64-40-47(33-34-71-64)68(4,5)6)75-52-22-16-21-50(41-52)72-43-73(51-38-48(69(7,8)9)37-49(39-51)70(10,11)12)65-56(24-18-27-61(65)72)58-26-17-25-57-55-23-13-14-28-63(55)76-66(57)58;/h13-40H,1-12H3;/q;+2. The fourth-order valence-corrected chi connectivity index (χ4v) is 10.6. The summed E-state index contributed by atoms with van der Waals surface area (Å²) < 4.78 is 20.1. The SMILES string of the molecule is CC(C)(C)c1cccc(-c2ccc3c(c2)c2ccc(Oc4[c-]c([N+]5=C=[N+](c6cc(C(C)(C)C)cc(C(C)(C)C)c6)c6c(-c7cccc8c7oc7ccccc78)cccc65)ccc4)[c-]c2n3-c2cc(C(C)(C)C)ccn2)c1.[Pt+2]. The maximum atomic E-state index is 6.84. The Morgan fingerprint density at radius 3 is 1.91 bits per heavy atom. The van der Waals surface area contributed by atoms with Crippen LogP contribution in [0.15, 0.2) is 174 Å². The van der Waals surface area contributed by atoms with Crippen LogP contribution in [0, 0.1) is 12.1 Å². The second-order valence-electron chi connectivity index (χ2n) is 24.6. The van der Waals surface area contributed by atoms with Crippen molar-refractivity contribution in [2.75, 3.05) is 0 Å². The average molecular weight is 1190 g/mol. The Bertz CT molecular complexity index is 4200. The van der Waals surface area contributed by atoms with Crippen LogP contribution in [-0.2, 0) is 42.7 Å². The van der Waals surface area contributed by atoms with Crippen LogP contribution >= 0.6 is 0 Å². The van der Waals surface area contributed by atoms with E-state index in [4.69, 9.17) is 14.1 Å². The molecule has 4 heterocycles. The molecule has 384 valence electrons. The maximum absolute atomic E-state index is 6.84. The number of hydrogen-bond donors (Lipinski definition) is 0. The summed E-state index contributed by atoms with van der Waals surface area (Å²) in [5, 5.41) is 4.36. The molecule has 12 rings (SSSR count). The predicted molar refractivity (Wildman–Crippen MR) is 317 cm³/mol. The summed E-state index contributed by atoms with van der Waals surface area (Å²) in [5.41, 5.74) is 16.6. The first kappa shape index (κ1) is 51.5. The van der Waals surface area contributed by atoms with Gasteiger partial charge in [0, 0.05) is 57.7 Å². The van der Waals surface area contributed by atoms with E-state index in [1.807, 2.05) is 36.5 Å². The molecular weight excluding hydrogens is 1120 g/mol. The summed E-state index contributed by atoms with van der Waals surface area (Å²) in [6.07, 6.45) is 1.92. The van der Waals surface area contributed by atoms with Crippen LogP contribution in [0.5, 0.6) is 11.5 Å². The van der Waals surface area contributed by atoms with Gasteiger partial charge in [-0.1, -0.05) is 190 Å². The van der Waals surface area contributed by atoms with Crippen LogP contribution < -0.4 is 13.9 Å². The summed E-state index contributed by atoms with van der Waals surface area (Å²) in [6, 6.07) is 69.7. The fourth-order valence-electron chi connectivity index (χ4n) is 10.6. The Morgan fingerprint density at radius 2 is 1.16 bits per heavy atom. The Hall–Kier alpha value is -7.62. The van der Waals surface area contributed by atoms with E-state index < -0.39 is 0 Å². The molecule has 11 aromatic rings. The summed E-state index contributed by atoms with van der Waals surface area (Å²) in [5.74, 6) is 1.96. The van der Waals surface area contributed by atoms with Gasteiger partial charge in [0.15, 0.2) is 0 Å². The molecule has 0 saturated carbocycles. The number of aromatic nitrogens is 2. The number of hydrogen-bond acceptors (Lipinski definition) is 3. The zero-order chi connectivity index (χ0) is 53.1. The van der Waals surface area contributed by atoms with E-state index in [9.17, 15) is 0 Å². The van der Waals surface area contributed by atoms with E-state index in [1.54, 1.807) is 0 Å². The fraction of sp³-hybridized carbons (Fsp3) is 0.229.